The quantitative estimate of drug-likeness (QED) is 0.523. The number of aliphatic carboxylic acids is 1. The SMILES string of the molecule is CCC(C)C[C@H](NC(=O)c1ccc2c(c1)nc(CC1CCCO1)n2C(CC)CC)C(=O)O. The number of ether oxygens (including phenoxy) is 1. The normalized spacial score (nSPS) is 18.2. The molecule has 3 rings (SSSR count). The van der Waals surface area contributed by atoms with E-state index in [4.69, 9.17) is 9.72 Å². The number of benzene rings is 1. The first-order valence-electron chi connectivity index (χ1n) is 12.0. The minimum Gasteiger partial charge on any atom is -0.480 e. The van der Waals surface area contributed by atoms with Gasteiger partial charge in [-0.25, -0.2) is 9.78 Å². The van der Waals surface area contributed by atoms with Crippen LogP contribution < -0.4 is 5.32 Å². The molecule has 7 nitrogen and oxygen atoms in total. The molecule has 0 spiro atoms. The molecule has 1 aromatic heterocycles. The highest BCUT2D eigenvalue weighted by atomic mass is 16.5. The molecule has 1 aromatic carbocycles. The minimum atomic E-state index is -1.00. The van der Waals surface area contributed by atoms with Crippen molar-refractivity contribution in [3.63, 3.8) is 0 Å². The Balaban J connectivity index is 1.89. The number of rotatable bonds is 11. The standard InChI is InChI=1S/C25H37N3O4/c1-5-16(4)13-21(25(30)31)27-24(29)17-10-11-22-20(14-17)26-23(15-19-9-8-12-32-19)28(22)18(6-2)7-3/h10-11,14,16,18-19,21H,5-9,12-13,15H2,1-4H3,(H,27,29)(H,30,31)/t16?,19?,21-/m0/s1. The number of hydrogen-bond acceptors (Lipinski definition) is 4. The van der Waals surface area contributed by atoms with Crippen molar-refractivity contribution in [2.24, 2.45) is 5.92 Å². The van der Waals surface area contributed by atoms with Gasteiger partial charge in [0.15, 0.2) is 0 Å². The van der Waals surface area contributed by atoms with Gasteiger partial charge >= 0.3 is 5.97 Å². The highest BCUT2D eigenvalue weighted by Gasteiger charge is 2.25. The summed E-state index contributed by atoms with van der Waals surface area (Å²) >= 11 is 0. The van der Waals surface area contributed by atoms with E-state index < -0.39 is 12.0 Å². The zero-order chi connectivity index (χ0) is 23.3. The van der Waals surface area contributed by atoms with Crippen LogP contribution in [0.3, 0.4) is 0 Å². The molecule has 0 saturated carbocycles. The van der Waals surface area contributed by atoms with Gasteiger partial charge in [0.2, 0.25) is 0 Å². The number of nitrogens with one attached hydrogen (secondary N) is 1. The molecular weight excluding hydrogens is 406 g/mol. The summed E-state index contributed by atoms with van der Waals surface area (Å²) < 4.78 is 8.16. The monoisotopic (exact) mass is 443 g/mol. The van der Waals surface area contributed by atoms with Crippen molar-refractivity contribution in [2.45, 2.75) is 90.8 Å². The summed E-state index contributed by atoms with van der Waals surface area (Å²) in [5.74, 6) is -0.162. The molecule has 1 aliphatic rings. The molecule has 1 fully saturated rings. The average molecular weight is 444 g/mol. The Labute approximate surface area is 190 Å². The highest BCUT2D eigenvalue weighted by molar-refractivity contribution is 5.99. The third-order valence-corrected chi connectivity index (χ3v) is 6.71. The second-order valence-corrected chi connectivity index (χ2v) is 9.02. The van der Waals surface area contributed by atoms with Gasteiger partial charge in [-0.05, 0) is 56.2 Å². The van der Waals surface area contributed by atoms with Crippen LogP contribution in [0.4, 0.5) is 0 Å². The van der Waals surface area contributed by atoms with Crippen molar-refractivity contribution in [1.82, 2.24) is 14.9 Å². The Morgan fingerprint density at radius 3 is 2.59 bits per heavy atom. The second-order valence-electron chi connectivity index (χ2n) is 9.02. The van der Waals surface area contributed by atoms with Crippen molar-refractivity contribution in [3.05, 3.63) is 29.6 Å². The summed E-state index contributed by atoms with van der Waals surface area (Å²) in [6.45, 7) is 9.18. The zero-order valence-electron chi connectivity index (χ0n) is 19.8. The van der Waals surface area contributed by atoms with E-state index >= 15 is 0 Å². The number of amides is 1. The first-order chi connectivity index (χ1) is 15.4. The predicted octanol–water partition coefficient (Wildman–Crippen LogP) is 4.74. The zero-order valence-corrected chi connectivity index (χ0v) is 19.8. The Kier molecular flexibility index (Phi) is 8.29. The molecule has 1 amide bonds. The molecule has 32 heavy (non-hydrogen) atoms. The lowest BCUT2D eigenvalue weighted by Crippen LogP contribution is -2.41. The number of aromatic nitrogens is 2. The molecule has 0 radical (unpaired) electrons. The van der Waals surface area contributed by atoms with Crippen LogP contribution in [0.15, 0.2) is 18.2 Å². The summed E-state index contributed by atoms with van der Waals surface area (Å²) in [4.78, 5) is 29.4. The molecule has 2 unspecified atom stereocenters. The average Bonchev–Trinajstić information content (AvgIpc) is 3.41. The van der Waals surface area contributed by atoms with Gasteiger partial charge in [0.25, 0.3) is 5.91 Å². The van der Waals surface area contributed by atoms with Crippen molar-refractivity contribution in [2.75, 3.05) is 6.61 Å². The van der Waals surface area contributed by atoms with Crippen molar-refractivity contribution in [3.8, 4) is 0 Å². The summed E-state index contributed by atoms with van der Waals surface area (Å²) in [5.41, 5.74) is 2.22. The van der Waals surface area contributed by atoms with Crippen LogP contribution in [0.5, 0.6) is 0 Å². The molecule has 2 aromatic rings. The molecule has 1 saturated heterocycles. The third-order valence-electron chi connectivity index (χ3n) is 6.71. The van der Waals surface area contributed by atoms with Gasteiger partial charge in [0.05, 0.1) is 17.1 Å². The number of carbonyl (C=O) groups excluding carboxylic acids is 1. The van der Waals surface area contributed by atoms with Gasteiger partial charge in [-0.1, -0.05) is 34.1 Å². The van der Waals surface area contributed by atoms with E-state index in [1.165, 1.54) is 0 Å². The molecule has 2 N–H and O–H groups in total. The van der Waals surface area contributed by atoms with Crippen molar-refractivity contribution < 1.29 is 19.4 Å². The number of imidazole rings is 1. The van der Waals surface area contributed by atoms with Crippen LogP contribution >= 0.6 is 0 Å². The molecular formula is C25H37N3O4. The van der Waals surface area contributed by atoms with Crippen LogP contribution in [0, 0.1) is 5.92 Å². The second kappa shape index (κ2) is 10.9. The van der Waals surface area contributed by atoms with E-state index in [0.717, 1.165) is 62.0 Å². The number of carbonyl (C=O) groups is 2. The predicted molar refractivity (Wildman–Crippen MR) is 125 cm³/mol. The minimum absolute atomic E-state index is 0.194. The molecule has 3 atom stereocenters. The largest absolute Gasteiger partial charge is 0.480 e. The van der Waals surface area contributed by atoms with Gasteiger partial charge in [-0.15, -0.1) is 0 Å². The summed E-state index contributed by atoms with van der Waals surface area (Å²) in [6, 6.07) is 4.94. The number of fused-ring (bicyclic) bond motifs is 1. The first-order valence-corrected chi connectivity index (χ1v) is 12.0. The maximum atomic E-state index is 12.9. The molecule has 0 aliphatic carbocycles. The summed E-state index contributed by atoms with van der Waals surface area (Å²) in [6.07, 6.45) is 6.37. The van der Waals surface area contributed by atoms with Crippen molar-refractivity contribution >= 4 is 22.9 Å². The molecule has 1 aliphatic heterocycles. The molecule has 7 heteroatoms. The Bertz CT molecular complexity index is 929. The van der Waals surface area contributed by atoms with Gasteiger partial charge in [0, 0.05) is 24.6 Å². The maximum Gasteiger partial charge on any atom is 0.326 e. The van der Waals surface area contributed by atoms with E-state index in [9.17, 15) is 14.7 Å². The fraction of sp³-hybridized carbons (Fsp3) is 0.640. The van der Waals surface area contributed by atoms with Gasteiger partial charge in [-0.3, -0.25) is 4.79 Å². The number of carboxylic acids is 1. The van der Waals surface area contributed by atoms with Crippen LogP contribution in [-0.2, 0) is 16.0 Å². The van der Waals surface area contributed by atoms with E-state index in [0.29, 0.717) is 18.0 Å². The van der Waals surface area contributed by atoms with Gasteiger partial charge in [0.1, 0.15) is 11.9 Å². The van der Waals surface area contributed by atoms with Crippen LogP contribution in [-0.4, -0.2) is 45.3 Å². The van der Waals surface area contributed by atoms with Crippen molar-refractivity contribution in [1.29, 1.82) is 0 Å². The lowest BCUT2D eigenvalue weighted by atomic mass is 9.99. The lowest BCUT2D eigenvalue weighted by Gasteiger charge is -2.20. The topological polar surface area (TPSA) is 93.5 Å². The fourth-order valence-electron chi connectivity index (χ4n) is 4.54. The Hall–Kier alpha value is -2.41. The highest BCUT2D eigenvalue weighted by Crippen LogP contribution is 2.28. The summed E-state index contributed by atoms with van der Waals surface area (Å²) in [5, 5.41) is 12.2. The maximum absolute atomic E-state index is 12.9. The third kappa shape index (κ3) is 5.49. The number of hydrogen-bond donors (Lipinski definition) is 2. The van der Waals surface area contributed by atoms with Gasteiger partial charge < -0.3 is 19.7 Å². The summed E-state index contributed by atoms with van der Waals surface area (Å²) in [7, 11) is 0. The Morgan fingerprint density at radius 2 is 2.00 bits per heavy atom. The smallest absolute Gasteiger partial charge is 0.326 e. The molecule has 0 bridgehead atoms. The number of nitrogens with zero attached hydrogens (tertiary/aromatic N) is 2. The van der Waals surface area contributed by atoms with Crippen LogP contribution in [0.1, 0.15) is 88.4 Å². The lowest BCUT2D eigenvalue weighted by molar-refractivity contribution is -0.139. The van der Waals surface area contributed by atoms with Crippen LogP contribution in [0.25, 0.3) is 11.0 Å². The number of carboxylic acid groups (broad SMARTS) is 1. The van der Waals surface area contributed by atoms with Crippen LogP contribution in [0.2, 0.25) is 0 Å². The molecule has 176 valence electrons. The van der Waals surface area contributed by atoms with E-state index in [2.05, 4.69) is 23.7 Å². The Morgan fingerprint density at radius 1 is 1.25 bits per heavy atom. The first kappa shape index (κ1) is 24.2. The fourth-order valence-corrected chi connectivity index (χ4v) is 4.54. The van der Waals surface area contributed by atoms with E-state index in [-0.39, 0.29) is 17.9 Å². The van der Waals surface area contributed by atoms with E-state index in [1.807, 2.05) is 19.9 Å². The molecule has 2 heterocycles. The van der Waals surface area contributed by atoms with Gasteiger partial charge in [-0.2, -0.15) is 0 Å². The van der Waals surface area contributed by atoms with E-state index in [1.54, 1.807) is 12.1 Å².